The summed E-state index contributed by atoms with van der Waals surface area (Å²) in [5.41, 5.74) is 0.440. The van der Waals surface area contributed by atoms with Gasteiger partial charge in [-0.1, -0.05) is 11.6 Å². The highest BCUT2D eigenvalue weighted by Gasteiger charge is 2.30. The van der Waals surface area contributed by atoms with Crippen molar-refractivity contribution in [2.24, 2.45) is 0 Å². The lowest BCUT2D eigenvalue weighted by atomic mass is 10.1. The maximum Gasteiger partial charge on any atom is 0.410 e. The van der Waals surface area contributed by atoms with E-state index in [2.05, 4.69) is 15.2 Å². The van der Waals surface area contributed by atoms with E-state index in [1.54, 1.807) is 32.6 Å². The van der Waals surface area contributed by atoms with E-state index in [-0.39, 0.29) is 23.3 Å². The quantitative estimate of drug-likeness (QED) is 0.752. The van der Waals surface area contributed by atoms with Crippen LogP contribution in [0.5, 0.6) is 0 Å². The van der Waals surface area contributed by atoms with E-state index >= 15 is 0 Å². The van der Waals surface area contributed by atoms with Crippen molar-refractivity contribution < 1.29 is 13.9 Å². The first-order chi connectivity index (χ1) is 12.2. The Balaban J connectivity index is 1.91. The predicted molar refractivity (Wildman–Crippen MR) is 94.2 cm³/mol. The number of ether oxygens (including phenoxy) is 1. The number of carbonyl (C=O) groups excluding carboxylic acids is 1. The largest absolute Gasteiger partial charge is 0.444 e. The van der Waals surface area contributed by atoms with E-state index in [4.69, 9.17) is 16.3 Å². The summed E-state index contributed by atoms with van der Waals surface area (Å²) < 4.78 is 19.8. The number of hydrogen-bond donors (Lipinski definition) is 0. The summed E-state index contributed by atoms with van der Waals surface area (Å²) in [5, 5.41) is 8.67. The van der Waals surface area contributed by atoms with E-state index in [0.717, 1.165) is 12.8 Å². The van der Waals surface area contributed by atoms with E-state index in [1.165, 1.54) is 17.2 Å². The van der Waals surface area contributed by atoms with Crippen LogP contribution in [0.25, 0.3) is 11.3 Å². The predicted octanol–water partition coefficient (Wildman–Crippen LogP) is 3.83. The molecule has 3 rings (SSSR count). The van der Waals surface area contributed by atoms with Crippen LogP contribution in [0, 0.1) is 5.82 Å². The van der Waals surface area contributed by atoms with Gasteiger partial charge in [-0.05, 0) is 39.7 Å². The van der Waals surface area contributed by atoms with Crippen LogP contribution in [0.4, 0.5) is 9.18 Å². The molecule has 9 heteroatoms. The average Bonchev–Trinajstić information content (AvgIpc) is 3.30. The molecule has 0 saturated heterocycles. The average molecular weight is 382 g/mol. The number of aromatic nitrogens is 4. The monoisotopic (exact) mass is 381 g/mol. The summed E-state index contributed by atoms with van der Waals surface area (Å²) in [7, 11) is 1.60. The van der Waals surface area contributed by atoms with Crippen molar-refractivity contribution in [2.75, 3.05) is 7.05 Å². The first kappa shape index (κ1) is 18.6. The number of hydrogen-bond acceptors (Lipinski definition) is 5. The molecular formula is C17H21ClFN5O2. The number of carbonyl (C=O) groups is 1. The minimum Gasteiger partial charge on any atom is -0.444 e. The highest BCUT2D eigenvalue weighted by molar-refractivity contribution is 6.29. The van der Waals surface area contributed by atoms with Gasteiger partial charge in [0.25, 0.3) is 0 Å². The number of amides is 1. The van der Waals surface area contributed by atoms with Gasteiger partial charge in [0.05, 0.1) is 12.6 Å². The third kappa shape index (κ3) is 4.12. The molecule has 0 aliphatic heterocycles. The van der Waals surface area contributed by atoms with Crippen LogP contribution < -0.4 is 0 Å². The molecule has 1 fully saturated rings. The molecule has 2 aromatic rings. The SMILES string of the molecule is CN(Cc1nn(C2CC2)nc1-c1ccnc(Cl)c1F)C(=O)OC(C)(C)C. The zero-order valence-electron chi connectivity index (χ0n) is 15.2. The molecule has 140 valence electrons. The van der Waals surface area contributed by atoms with Crippen molar-refractivity contribution in [2.45, 2.75) is 51.8 Å². The van der Waals surface area contributed by atoms with Crippen LogP contribution in [0.15, 0.2) is 12.3 Å². The molecule has 0 spiro atoms. The van der Waals surface area contributed by atoms with Crippen molar-refractivity contribution in [1.29, 1.82) is 0 Å². The normalized spacial score (nSPS) is 14.4. The van der Waals surface area contributed by atoms with Crippen LogP contribution >= 0.6 is 11.6 Å². The van der Waals surface area contributed by atoms with Gasteiger partial charge in [0.2, 0.25) is 0 Å². The fraction of sp³-hybridized carbons (Fsp3) is 0.529. The molecule has 2 heterocycles. The van der Waals surface area contributed by atoms with Gasteiger partial charge in [-0.15, -0.1) is 0 Å². The van der Waals surface area contributed by atoms with Gasteiger partial charge in [-0.2, -0.15) is 15.0 Å². The van der Waals surface area contributed by atoms with Crippen molar-refractivity contribution in [3.05, 3.63) is 28.9 Å². The maximum absolute atomic E-state index is 14.4. The third-order valence-electron chi connectivity index (χ3n) is 3.77. The van der Waals surface area contributed by atoms with Crippen LogP contribution in [-0.4, -0.2) is 43.6 Å². The molecule has 26 heavy (non-hydrogen) atoms. The first-order valence-corrected chi connectivity index (χ1v) is 8.73. The number of pyridine rings is 1. The Bertz CT molecular complexity index is 829. The number of halogens is 2. The van der Waals surface area contributed by atoms with Gasteiger partial charge in [0.15, 0.2) is 11.0 Å². The number of nitrogens with zero attached hydrogens (tertiary/aromatic N) is 5. The molecular weight excluding hydrogens is 361 g/mol. The van der Waals surface area contributed by atoms with Gasteiger partial charge in [0, 0.05) is 18.8 Å². The van der Waals surface area contributed by atoms with Crippen LogP contribution in [0.2, 0.25) is 5.15 Å². The fourth-order valence-electron chi connectivity index (χ4n) is 2.37. The molecule has 0 radical (unpaired) electrons. The standard InChI is InChI=1S/C17H21ClFN5O2/c1-17(2,3)26-16(25)23(4)9-12-14(22-24(21-12)10-5-6-10)11-7-8-20-15(18)13(11)19/h7-8,10H,5-6,9H2,1-4H3. The second-order valence-electron chi connectivity index (χ2n) is 7.35. The number of rotatable bonds is 4. The Kier molecular flexibility index (Phi) is 4.88. The summed E-state index contributed by atoms with van der Waals surface area (Å²) in [4.78, 5) is 18.9. The van der Waals surface area contributed by atoms with Crippen molar-refractivity contribution in [3.63, 3.8) is 0 Å². The summed E-state index contributed by atoms with van der Waals surface area (Å²) >= 11 is 5.80. The molecule has 0 N–H and O–H groups in total. The minimum atomic E-state index is -0.654. The zero-order valence-corrected chi connectivity index (χ0v) is 15.9. The summed E-state index contributed by atoms with van der Waals surface area (Å²) in [6.45, 7) is 5.52. The molecule has 0 bridgehead atoms. The van der Waals surface area contributed by atoms with Crippen molar-refractivity contribution in [1.82, 2.24) is 24.9 Å². The first-order valence-electron chi connectivity index (χ1n) is 8.36. The second kappa shape index (κ2) is 6.83. The Labute approximate surface area is 156 Å². The smallest absolute Gasteiger partial charge is 0.410 e. The molecule has 0 atom stereocenters. The van der Waals surface area contributed by atoms with Gasteiger partial charge in [-0.3, -0.25) is 0 Å². The molecule has 0 unspecified atom stereocenters. The fourth-order valence-corrected chi connectivity index (χ4v) is 2.53. The molecule has 0 aromatic carbocycles. The van der Waals surface area contributed by atoms with Crippen molar-refractivity contribution >= 4 is 17.7 Å². The minimum absolute atomic E-state index is 0.135. The zero-order chi connectivity index (χ0) is 19.1. The van der Waals surface area contributed by atoms with Crippen LogP contribution in [0.3, 0.4) is 0 Å². The van der Waals surface area contributed by atoms with Crippen LogP contribution in [-0.2, 0) is 11.3 Å². The Morgan fingerprint density at radius 1 is 1.42 bits per heavy atom. The van der Waals surface area contributed by atoms with E-state index in [0.29, 0.717) is 11.4 Å². The summed E-state index contributed by atoms with van der Waals surface area (Å²) in [5.74, 6) is -0.654. The van der Waals surface area contributed by atoms with Gasteiger partial charge in [-0.25, -0.2) is 14.2 Å². The van der Waals surface area contributed by atoms with Crippen molar-refractivity contribution in [3.8, 4) is 11.3 Å². The lowest BCUT2D eigenvalue weighted by Crippen LogP contribution is -2.34. The van der Waals surface area contributed by atoms with E-state index in [9.17, 15) is 9.18 Å². The van der Waals surface area contributed by atoms with E-state index in [1.807, 2.05) is 0 Å². The Hall–Kier alpha value is -2.22. The van der Waals surface area contributed by atoms with Gasteiger partial charge in [0.1, 0.15) is 17.0 Å². The van der Waals surface area contributed by atoms with Crippen LogP contribution in [0.1, 0.15) is 45.3 Å². The topological polar surface area (TPSA) is 73.1 Å². The van der Waals surface area contributed by atoms with E-state index < -0.39 is 17.5 Å². The molecule has 1 aliphatic rings. The molecule has 1 amide bonds. The maximum atomic E-state index is 14.4. The molecule has 1 saturated carbocycles. The molecule has 7 nitrogen and oxygen atoms in total. The van der Waals surface area contributed by atoms with Gasteiger partial charge >= 0.3 is 6.09 Å². The Morgan fingerprint density at radius 2 is 2.12 bits per heavy atom. The highest BCUT2D eigenvalue weighted by atomic mass is 35.5. The molecule has 2 aromatic heterocycles. The highest BCUT2D eigenvalue weighted by Crippen LogP contribution is 2.35. The molecule has 1 aliphatic carbocycles. The van der Waals surface area contributed by atoms with Gasteiger partial charge < -0.3 is 9.64 Å². The summed E-state index contributed by atoms with van der Waals surface area (Å²) in [6.07, 6.45) is 2.89. The summed E-state index contributed by atoms with van der Waals surface area (Å²) in [6, 6.07) is 1.72. The lowest BCUT2D eigenvalue weighted by molar-refractivity contribution is 0.0283. The third-order valence-corrected chi connectivity index (χ3v) is 4.03. The second-order valence-corrected chi connectivity index (χ2v) is 7.70. The lowest BCUT2D eigenvalue weighted by Gasteiger charge is -2.24. The Morgan fingerprint density at radius 3 is 2.73 bits per heavy atom.